The summed E-state index contributed by atoms with van der Waals surface area (Å²) in [4.78, 5) is 13.0. The van der Waals surface area contributed by atoms with Gasteiger partial charge in [-0.05, 0) is 31.0 Å². The molecule has 0 amide bonds. The van der Waals surface area contributed by atoms with Crippen molar-refractivity contribution in [1.29, 1.82) is 0 Å². The van der Waals surface area contributed by atoms with Crippen LogP contribution in [0.3, 0.4) is 0 Å². The van der Waals surface area contributed by atoms with E-state index in [0.717, 1.165) is 39.4 Å². The Labute approximate surface area is 166 Å². The van der Waals surface area contributed by atoms with Crippen molar-refractivity contribution >= 4 is 33.7 Å². The number of anilines is 1. The summed E-state index contributed by atoms with van der Waals surface area (Å²) in [5.41, 5.74) is 5.85. The smallest absolute Gasteiger partial charge is 0.154 e. The number of nitrogens with one attached hydrogen (secondary N) is 2. The molecule has 1 saturated carbocycles. The predicted molar refractivity (Wildman–Crippen MR) is 114 cm³/mol. The Morgan fingerprint density at radius 3 is 2.64 bits per heavy atom. The van der Waals surface area contributed by atoms with E-state index >= 15 is 0 Å². The monoisotopic (exact) mass is 393 g/mol. The molecule has 6 nitrogen and oxygen atoms in total. The second kappa shape index (κ2) is 7.14. The third kappa shape index (κ3) is 3.04. The van der Waals surface area contributed by atoms with Crippen LogP contribution in [-0.4, -0.2) is 30.2 Å². The summed E-state index contributed by atoms with van der Waals surface area (Å²) in [5.74, 6) is 1.63. The van der Waals surface area contributed by atoms with Crippen LogP contribution in [0.1, 0.15) is 43.8 Å². The van der Waals surface area contributed by atoms with Gasteiger partial charge >= 0.3 is 0 Å². The first-order valence-corrected chi connectivity index (χ1v) is 11.3. The van der Waals surface area contributed by atoms with Crippen LogP contribution < -0.4 is 4.72 Å². The third-order valence-corrected chi connectivity index (χ3v) is 6.11. The summed E-state index contributed by atoms with van der Waals surface area (Å²) in [5, 5.41) is 0. The molecule has 0 spiro atoms. The van der Waals surface area contributed by atoms with E-state index in [1.54, 1.807) is 6.26 Å². The maximum Gasteiger partial charge on any atom is 0.154 e. The fourth-order valence-electron chi connectivity index (χ4n) is 4.29. The third-order valence-electron chi connectivity index (χ3n) is 5.59. The van der Waals surface area contributed by atoms with Gasteiger partial charge in [-0.2, -0.15) is 0 Å². The number of nitrogens with zero attached hydrogens (tertiary/aromatic N) is 3. The number of H-pyrrole nitrogens is 1. The number of rotatable bonds is 4. The van der Waals surface area contributed by atoms with E-state index in [2.05, 4.69) is 25.2 Å². The lowest BCUT2D eigenvalue weighted by molar-refractivity contribution is 0.429. The Hall–Kier alpha value is -2.51. The molecule has 2 N–H and O–H groups in total. The highest BCUT2D eigenvalue weighted by atomic mass is 32.2. The molecule has 28 heavy (non-hydrogen) atoms. The van der Waals surface area contributed by atoms with Gasteiger partial charge in [0.15, 0.2) is 5.65 Å². The maximum absolute atomic E-state index is 11.4. The van der Waals surface area contributed by atoms with E-state index in [1.807, 2.05) is 36.7 Å². The van der Waals surface area contributed by atoms with Gasteiger partial charge in [0.25, 0.3) is 0 Å². The van der Waals surface area contributed by atoms with Gasteiger partial charge in [0.05, 0.1) is 40.0 Å². The quantitative estimate of drug-likeness (QED) is 0.495. The van der Waals surface area contributed by atoms with E-state index in [1.165, 1.54) is 32.1 Å². The van der Waals surface area contributed by atoms with Gasteiger partial charge in [0, 0.05) is 17.7 Å². The minimum absolute atomic E-state index is 0.485. The molecular weight excluding hydrogens is 370 g/mol. The number of aromatic amines is 1. The first kappa shape index (κ1) is 17.6. The summed E-state index contributed by atoms with van der Waals surface area (Å²) in [6, 6.07) is 10.0. The lowest BCUT2D eigenvalue weighted by Gasteiger charge is -2.20. The minimum Gasteiger partial charge on any atom is -0.593 e. The molecule has 0 bridgehead atoms. The lowest BCUT2D eigenvalue weighted by atomic mass is 9.89. The van der Waals surface area contributed by atoms with Crippen molar-refractivity contribution in [1.82, 2.24) is 19.4 Å². The number of aromatic nitrogens is 4. The molecule has 0 aliphatic heterocycles. The molecule has 7 heteroatoms. The van der Waals surface area contributed by atoms with Crippen molar-refractivity contribution in [2.24, 2.45) is 0 Å². The van der Waals surface area contributed by atoms with Crippen molar-refractivity contribution in [3.63, 3.8) is 0 Å². The zero-order valence-corrected chi connectivity index (χ0v) is 16.6. The van der Waals surface area contributed by atoms with Crippen LogP contribution in [0.15, 0.2) is 42.7 Å². The van der Waals surface area contributed by atoms with Crippen LogP contribution >= 0.6 is 0 Å². The molecule has 1 aliphatic rings. The van der Waals surface area contributed by atoms with Crippen LogP contribution in [0.4, 0.5) is 5.69 Å². The number of hydrogen-bond acceptors (Lipinski definition) is 4. The highest BCUT2D eigenvalue weighted by Crippen LogP contribution is 2.36. The lowest BCUT2D eigenvalue weighted by Crippen LogP contribution is -2.09. The van der Waals surface area contributed by atoms with Crippen molar-refractivity contribution in [3.05, 3.63) is 48.5 Å². The molecule has 1 unspecified atom stereocenters. The molecule has 3 heterocycles. The highest BCUT2D eigenvalue weighted by molar-refractivity contribution is 7.92. The molecule has 1 aliphatic carbocycles. The van der Waals surface area contributed by atoms with E-state index in [0.29, 0.717) is 5.92 Å². The SMILES string of the molecule is C[S+]([O-])Nc1ccc(-c2nc(C3CCCCC3)n3c2cnc2[nH]ccc23)cc1. The average Bonchev–Trinajstić information content (AvgIpc) is 3.33. The second-order valence-electron chi connectivity index (χ2n) is 7.48. The molecule has 5 rings (SSSR count). The van der Waals surface area contributed by atoms with Gasteiger partial charge < -0.3 is 9.54 Å². The van der Waals surface area contributed by atoms with E-state index in [-0.39, 0.29) is 0 Å². The minimum atomic E-state index is -1.08. The second-order valence-corrected chi connectivity index (χ2v) is 8.59. The average molecular weight is 394 g/mol. The van der Waals surface area contributed by atoms with Crippen LogP contribution in [0.25, 0.3) is 27.9 Å². The zero-order valence-electron chi connectivity index (χ0n) is 15.8. The van der Waals surface area contributed by atoms with Crippen LogP contribution in [0, 0.1) is 0 Å². The van der Waals surface area contributed by atoms with Gasteiger partial charge in [0.2, 0.25) is 0 Å². The standard InChI is InChI=1S/C21H23N5OS/c1-28(27)25-16-9-7-14(8-10-16)19-18-13-23-20-17(11-12-22-20)26(18)21(24-19)15-5-3-2-4-6-15/h7-13,15,22,25H,2-6H2,1H3. The Morgan fingerprint density at radius 2 is 1.89 bits per heavy atom. The maximum atomic E-state index is 11.4. The number of fused-ring (bicyclic) bond motifs is 3. The molecule has 4 aromatic rings. The van der Waals surface area contributed by atoms with Crippen LogP contribution in [0.5, 0.6) is 0 Å². The van der Waals surface area contributed by atoms with E-state index < -0.39 is 11.4 Å². The summed E-state index contributed by atoms with van der Waals surface area (Å²) < 4.78 is 16.6. The van der Waals surface area contributed by atoms with Gasteiger partial charge in [-0.1, -0.05) is 31.4 Å². The Bertz CT molecular complexity index is 1110. The van der Waals surface area contributed by atoms with Gasteiger partial charge in [-0.25, -0.2) is 14.7 Å². The van der Waals surface area contributed by atoms with Crippen molar-refractivity contribution in [3.8, 4) is 11.3 Å². The van der Waals surface area contributed by atoms with Gasteiger partial charge in [-0.15, -0.1) is 0 Å². The van der Waals surface area contributed by atoms with E-state index in [9.17, 15) is 4.55 Å². The summed E-state index contributed by atoms with van der Waals surface area (Å²) >= 11 is -1.08. The Balaban J connectivity index is 1.66. The predicted octanol–water partition coefficient (Wildman–Crippen LogP) is 4.63. The van der Waals surface area contributed by atoms with Crippen LogP contribution in [0.2, 0.25) is 0 Å². The fourth-order valence-corrected chi connectivity index (χ4v) is 4.76. The van der Waals surface area contributed by atoms with Crippen molar-refractivity contribution in [2.75, 3.05) is 11.0 Å². The number of imidazole rings is 1. The first-order valence-electron chi connectivity index (χ1n) is 9.75. The van der Waals surface area contributed by atoms with Crippen LogP contribution in [-0.2, 0) is 11.4 Å². The largest absolute Gasteiger partial charge is 0.593 e. The summed E-state index contributed by atoms with van der Waals surface area (Å²) in [6.45, 7) is 0. The van der Waals surface area contributed by atoms with Crippen molar-refractivity contribution < 1.29 is 4.55 Å². The number of hydrogen-bond donors (Lipinski definition) is 2. The Morgan fingerprint density at radius 1 is 1.11 bits per heavy atom. The van der Waals surface area contributed by atoms with E-state index in [4.69, 9.17) is 4.98 Å². The molecule has 1 atom stereocenters. The normalized spacial score (nSPS) is 16.6. The summed E-state index contributed by atoms with van der Waals surface area (Å²) in [6.07, 6.45) is 11.7. The van der Waals surface area contributed by atoms with Gasteiger partial charge in [0.1, 0.15) is 12.1 Å². The Kier molecular flexibility index (Phi) is 4.49. The molecule has 144 valence electrons. The van der Waals surface area contributed by atoms with Gasteiger partial charge in [-0.3, -0.25) is 4.40 Å². The number of benzene rings is 1. The highest BCUT2D eigenvalue weighted by Gasteiger charge is 2.24. The fraction of sp³-hybridized carbons (Fsp3) is 0.333. The first-order chi connectivity index (χ1) is 13.7. The molecule has 0 radical (unpaired) electrons. The summed E-state index contributed by atoms with van der Waals surface area (Å²) in [7, 11) is 0. The topological polar surface area (TPSA) is 81.1 Å². The molecule has 0 saturated heterocycles. The molecular formula is C21H23N5OS. The molecule has 3 aromatic heterocycles. The van der Waals surface area contributed by atoms with Crippen molar-refractivity contribution in [2.45, 2.75) is 38.0 Å². The molecule has 1 aromatic carbocycles. The molecule has 1 fully saturated rings. The zero-order chi connectivity index (χ0) is 19.1.